The van der Waals surface area contributed by atoms with Crippen LogP contribution in [0.5, 0.6) is 5.75 Å². The summed E-state index contributed by atoms with van der Waals surface area (Å²) in [6.45, 7) is 3.73. The molecule has 0 bridgehead atoms. The predicted molar refractivity (Wildman–Crippen MR) is 86.9 cm³/mol. The van der Waals surface area contributed by atoms with Crippen molar-refractivity contribution in [3.05, 3.63) is 35.5 Å². The smallest absolute Gasteiger partial charge is 0.323 e. The molecule has 1 heterocycles. The Kier molecular flexibility index (Phi) is 5.16. The number of hydrogen-bond acceptors (Lipinski definition) is 4. The molecule has 0 fully saturated rings. The van der Waals surface area contributed by atoms with Crippen molar-refractivity contribution in [1.29, 1.82) is 0 Å². The third kappa shape index (κ3) is 3.77. The summed E-state index contributed by atoms with van der Waals surface area (Å²) in [7, 11) is 1.58. The highest BCUT2D eigenvalue weighted by Crippen LogP contribution is 2.22. The third-order valence-corrected chi connectivity index (χ3v) is 3.55. The number of aliphatic carboxylic acids is 1. The van der Waals surface area contributed by atoms with Gasteiger partial charge in [-0.25, -0.2) is 0 Å². The molecule has 23 heavy (non-hydrogen) atoms. The van der Waals surface area contributed by atoms with E-state index in [0.29, 0.717) is 30.0 Å². The number of carboxylic acid groups (broad SMARTS) is 1. The number of aromatic nitrogens is 1. The first kappa shape index (κ1) is 16.7. The Morgan fingerprint density at radius 2 is 2.04 bits per heavy atom. The highest BCUT2D eigenvalue weighted by molar-refractivity contribution is 5.99. The van der Waals surface area contributed by atoms with Crippen molar-refractivity contribution in [2.24, 2.45) is 0 Å². The predicted octanol–water partition coefficient (Wildman–Crippen LogP) is 2.49. The van der Waals surface area contributed by atoms with Gasteiger partial charge in [-0.15, -0.1) is 0 Å². The van der Waals surface area contributed by atoms with Crippen LogP contribution in [0.3, 0.4) is 0 Å². The normalized spacial score (nSPS) is 10.6. The number of carboxylic acids is 1. The van der Waals surface area contributed by atoms with E-state index in [2.05, 4.69) is 4.98 Å². The van der Waals surface area contributed by atoms with E-state index in [1.54, 1.807) is 32.2 Å². The first-order valence-electron chi connectivity index (χ1n) is 7.42. The van der Waals surface area contributed by atoms with E-state index in [1.165, 1.54) is 4.90 Å². The lowest BCUT2D eigenvalue weighted by molar-refractivity contribution is -0.137. The molecule has 0 saturated heterocycles. The minimum absolute atomic E-state index is 0.308. The fraction of sp³-hybridized carbons (Fsp3) is 0.353. The number of carbonyl (C=O) groups is 2. The summed E-state index contributed by atoms with van der Waals surface area (Å²) >= 11 is 0. The summed E-state index contributed by atoms with van der Waals surface area (Å²) in [6, 6.07) is 7.19. The highest BCUT2D eigenvalue weighted by atomic mass is 16.5. The molecule has 0 aliphatic heterocycles. The quantitative estimate of drug-likeness (QED) is 0.885. The molecule has 6 nitrogen and oxygen atoms in total. The maximum atomic E-state index is 12.7. The monoisotopic (exact) mass is 316 g/mol. The average molecular weight is 316 g/mol. The van der Waals surface area contributed by atoms with Crippen LogP contribution in [-0.4, -0.2) is 47.1 Å². The number of pyridine rings is 1. The van der Waals surface area contributed by atoms with E-state index in [-0.39, 0.29) is 12.5 Å². The molecular formula is C17H20N2O4. The first-order valence-corrected chi connectivity index (χ1v) is 7.42. The molecule has 0 saturated carbocycles. The van der Waals surface area contributed by atoms with Crippen molar-refractivity contribution in [3.63, 3.8) is 0 Å². The molecule has 0 aliphatic rings. The Labute approximate surface area is 134 Å². The number of aryl methyl sites for hydroxylation is 1. The van der Waals surface area contributed by atoms with Crippen LogP contribution in [0, 0.1) is 6.92 Å². The fourth-order valence-corrected chi connectivity index (χ4v) is 2.44. The van der Waals surface area contributed by atoms with Crippen LogP contribution in [0.4, 0.5) is 0 Å². The Balaban J connectivity index is 2.42. The van der Waals surface area contributed by atoms with Gasteiger partial charge in [-0.3, -0.25) is 14.6 Å². The van der Waals surface area contributed by atoms with Gasteiger partial charge in [0.1, 0.15) is 12.3 Å². The van der Waals surface area contributed by atoms with Gasteiger partial charge in [0.05, 0.1) is 23.9 Å². The Morgan fingerprint density at radius 3 is 2.65 bits per heavy atom. The topological polar surface area (TPSA) is 79.7 Å². The van der Waals surface area contributed by atoms with Gasteiger partial charge in [-0.05, 0) is 31.5 Å². The average Bonchev–Trinajstić information content (AvgIpc) is 2.52. The van der Waals surface area contributed by atoms with E-state index >= 15 is 0 Å². The number of fused-ring (bicyclic) bond motifs is 1. The molecule has 122 valence electrons. The lowest BCUT2D eigenvalue weighted by atomic mass is 10.1. The molecule has 2 aromatic rings. The van der Waals surface area contributed by atoms with Gasteiger partial charge in [0.25, 0.3) is 5.91 Å². The molecule has 0 radical (unpaired) electrons. The van der Waals surface area contributed by atoms with Crippen LogP contribution in [0.1, 0.15) is 29.4 Å². The fourth-order valence-electron chi connectivity index (χ4n) is 2.44. The highest BCUT2D eigenvalue weighted by Gasteiger charge is 2.20. The van der Waals surface area contributed by atoms with E-state index < -0.39 is 5.97 Å². The maximum Gasteiger partial charge on any atom is 0.323 e. The number of hydrogen-bond donors (Lipinski definition) is 1. The van der Waals surface area contributed by atoms with Gasteiger partial charge in [0.15, 0.2) is 0 Å². The third-order valence-electron chi connectivity index (χ3n) is 3.55. The van der Waals surface area contributed by atoms with Crippen molar-refractivity contribution in [2.45, 2.75) is 20.3 Å². The van der Waals surface area contributed by atoms with Crippen molar-refractivity contribution in [2.75, 3.05) is 20.2 Å². The van der Waals surface area contributed by atoms with Crippen LogP contribution < -0.4 is 4.74 Å². The zero-order valence-corrected chi connectivity index (χ0v) is 13.5. The summed E-state index contributed by atoms with van der Waals surface area (Å²) in [5, 5.41) is 9.79. The number of nitrogens with zero attached hydrogens (tertiary/aromatic N) is 2. The van der Waals surface area contributed by atoms with Gasteiger partial charge >= 0.3 is 5.97 Å². The lowest BCUT2D eigenvalue weighted by Crippen LogP contribution is -2.36. The van der Waals surface area contributed by atoms with E-state index in [9.17, 15) is 9.59 Å². The van der Waals surface area contributed by atoms with Gasteiger partial charge in [0, 0.05) is 18.0 Å². The van der Waals surface area contributed by atoms with E-state index in [1.807, 2.05) is 13.0 Å². The SMILES string of the molecule is CCCN(CC(=O)O)C(=O)c1cc2ccc(OC)cc2nc1C. The second-order valence-corrected chi connectivity index (χ2v) is 5.30. The standard InChI is InChI=1S/C17H20N2O4/c1-4-7-19(10-16(20)21)17(22)14-8-12-5-6-13(23-3)9-15(12)18-11(14)2/h5-6,8-9H,4,7,10H2,1-3H3,(H,20,21). The van der Waals surface area contributed by atoms with Crippen molar-refractivity contribution < 1.29 is 19.4 Å². The van der Waals surface area contributed by atoms with Crippen LogP contribution in [0.25, 0.3) is 10.9 Å². The van der Waals surface area contributed by atoms with Gasteiger partial charge < -0.3 is 14.7 Å². The molecule has 6 heteroatoms. The Bertz CT molecular complexity index is 743. The number of amides is 1. The number of ether oxygens (including phenoxy) is 1. The van der Waals surface area contributed by atoms with Crippen molar-refractivity contribution in [1.82, 2.24) is 9.88 Å². The summed E-state index contributed by atoms with van der Waals surface area (Å²) in [4.78, 5) is 29.4. The van der Waals surface area contributed by atoms with Crippen LogP contribution in [0.15, 0.2) is 24.3 Å². The molecule has 1 aromatic heterocycles. The Morgan fingerprint density at radius 1 is 1.30 bits per heavy atom. The van der Waals surface area contributed by atoms with E-state index in [0.717, 1.165) is 10.9 Å². The minimum atomic E-state index is -1.03. The molecule has 0 unspecified atom stereocenters. The van der Waals surface area contributed by atoms with Crippen molar-refractivity contribution >= 4 is 22.8 Å². The molecule has 1 N–H and O–H groups in total. The molecule has 1 amide bonds. The molecule has 1 aromatic carbocycles. The Hall–Kier alpha value is -2.63. The molecule has 2 rings (SSSR count). The molecule has 0 atom stereocenters. The number of benzene rings is 1. The molecular weight excluding hydrogens is 296 g/mol. The zero-order chi connectivity index (χ0) is 17.0. The summed E-state index contributed by atoms with van der Waals surface area (Å²) in [5.74, 6) is -0.637. The first-order chi connectivity index (χ1) is 11.0. The maximum absolute atomic E-state index is 12.7. The lowest BCUT2D eigenvalue weighted by Gasteiger charge is -2.21. The van der Waals surface area contributed by atoms with Gasteiger partial charge in [-0.1, -0.05) is 6.92 Å². The van der Waals surface area contributed by atoms with Crippen LogP contribution >= 0.6 is 0 Å². The summed E-state index contributed by atoms with van der Waals surface area (Å²) in [6.07, 6.45) is 0.691. The number of methoxy groups -OCH3 is 1. The summed E-state index contributed by atoms with van der Waals surface area (Å²) in [5.41, 5.74) is 1.73. The van der Waals surface area contributed by atoms with E-state index in [4.69, 9.17) is 9.84 Å². The van der Waals surface area contributed by atoms with Crippen LogP contribution in [0.2, 0.25) is 0 Å². The zero-order valence-electron chi connectivity index (χ0n) is 13.5. The summed E-state index contributed by atoms with van der Waals surface area (Å²) < 4.78 is 5.17. The number of carbonyl (C=O) groups excluding carboxylic acids is 1. The minimum Gasteiger partial charge on any atom is -0.497 e. The molecule has 0 spiro atoms. The number of rotatable bonds is 6. The van der Waals surface area contributed by atoms with Gasteiger partial charge in [0.2, 0.25) is 0 Å². The molecule has 0 aliphatic carbocycles. The van der Waals surface area contributed by atoms with Crippen LogP contribution in [-0.2, 0) is 4.79 Å². The largest absolute Gasteiger partial charge is 0.497 e. The second kappa shape index (κ2) is 7.09. The van der Waals surface area contributed by atoms with Crippen molar-refractivity contribution in [3.8, 4) is 5.75 Å². The second-order valence-electron chi connectivity index (χ2n) is 5.30. The van der Waals surface area contributed by atoms with Gasteiger partial charge in [-0.2, -0.15) is 0 Å².